The first kappa shape index (κ1) is 13.2. The second kappa shape index (κ2) is 4.49. The predicted octanol–water partition coefficient (Wildman–Crippen LogP) is 3.51. The zero-order valence-corrected chi connectivity index (χ0v) is 11.7. The maximum absolute atomic E-state index is 13.6. The number of nitrogens with zero attached hydrogens (tertiary/aromatic N) is 1. The van der Waals surface area contributed by atoms with Crippen molar-refractivity contribution in [2.45, 2.75) is 38.5 Å². The number of aromatic nitrogens is 1. The maximum atomic E-state index is 13.6. The third-order valence-electron chi connectivity index (χ3n) is 5.58. The number of hydrogen-bond acceptors (Lipinski definition) is 2. The third kappa shape index (κ3) is 2.14. The van der Waals surface area contributed by atoms with Crippen molar-refractivity contribution in [2.24, 2.45) is 23.2 Å². The second-order valence-corrected chi connectivity index (χ2v) is 7.12. The number of carbonyl (C=O) groups excluding carboxylic acids is 1. The molecule has 0 aromatic carbocycles. The Kier molecular flexibility index (Phi) is 2.81. The van der Waals surface area contributed by atoms with Gasteiger partial charge in [0, 0.05) is 0 Å². The third-order valence-corrected chi connectivity index (χ3v) is 5.58. The van der Waals surface area contributed by atoms with E-state index in [0.717, 1.165) is 25.3 Å². The summed E-state index contributed by atoms with van der Waals surface area (Å²) in [7, 11) is 0. The summed E-state index contributed by atoms with van der Waals surface area (Å²) in [5.74, 6) is 0.0249. The minimum atomic E-state index is -0.951. The molecule has 4 aliphatic rings. The largest absolute Gasteiger partial charge is 0.322 e. The lowest BCUT2D eigenvalue weighted by atomic mass is 9.49. The molecule has 1 aromatic heterocycles. The Morgan fingerprint density at radius 2 is 1.67 bits per heavy atom. The summed E-state index contributed by atoms with van der Waals surface area (Å²) in [6.07, 6.45) is 6.50. The molecule has 0 radical (unpaired) electrons. The fourth-order valence-electron chi connectivity index (χ4n) is 5.15. The molecule has 0 spiro atoms. The van der Waals surface area contributed by atoms with E-state index in [4.69, 9.17) is 0 Å². The molecule has 4 bridgehead atoms. The van der Waals surface area contributed by atoms with Crippen molar-refractivity contribution >= 4 is 11.6 Å². The van der Waals surface area contributed by atoms with E-state index in [9.17, 15) is 13.6 Å². The highest BCUT2D eigenvalue weighted by molar-refractivity contribution is 5.95. The van der Waals surface area contributed by atoms with E-state index in [1.165, 1.54) is 25.3 Å². The molecule has 1 heterocycles. The molecular weight excluding hydrogens is 274 g/mol. The molecule has 1 aromatic rings. The summed E-state index contributed by atoms with van der Waals surface area (Å²) in [6.45, 7) is 0. The topological polar surface area (TPSA) is 42.0 Å². The van der Waals surface area contributed by atoms with Crippen molar-refractivity contribution in [1.82, 2.24) is 4.98 Å². The smallest absolute Gasteiger partial charge is 0.239 e. The number of rotatable bonds is 2. The van der Waals surface area contributed by atoms with Crippen LogP contribution in [0.25, 0.3) is 0 Å². The van der Waals surface area contributed by atoms with Gasteiger partial charge in [-0.25, -0.2) is 0 Å². The van der Waals surface area contributed by atoms with Gasteiger partial charge in [-0.05, 0) is 68.4 Å². The molecule has 5 heteroatoms. The van der Waals surface area contributed by atoms with Crippen molar-refractivity contribution < 1.29 is 13.6 Å². The number of amides is 1. The molecule has 21 heavy (non-hydrogen) atoms. The standard InChI is InChI=1S/C16H18F2N2O/c17-13-2-1-12(14(18)20-13)19-15(21)16-6-9-3-10(7-16)5-11(4-9)8-16/h1-2,9-11H,3-8H2,(H,19,21). The van der Waals surface area contributed by atoms with Crippen LogP contribution in [0, 0.1) is 35.1 Å². The van der Waals surface area contributed by atoms with Gasteiger partial charge in [0.2, 0.25) is 17.8 Å². The number of nitrogens with one attached hydrogen (secondary N) is 1. The normalized spacial score (nSPS) is 36.8. The van der Waals surface area contributed by atoms with Gasteiger partial charge >= 0.3 is 0 Å². The number of pyridine rings is 1. The van der Waals surface area contributed by atoms with Gasteiger partial charge in [0.05, 0.1) is 11.1 Å². The van der Waals surface area contributed by atoms with Gasteiger partial charge in [-0.3, -0.25) is 4.79 Å². The molecule has 5 rings (SSSR count). The first-order valence-corrected chi connectivity index (χ1v) is 7.67. The van der Waals surface area contributed by atoms with Crippen LogP contribution in [-0.4, -0.2) is 10.9 Å². The zero-order valence-electron chi connectivity index (χ0n) is 11.7. The van der Waals surface area contributed by atoms with Gasteiger partial charge in [-0.15, -0.1) is 0 Å². The Bertz CT molecular complexity index is 567. The SMILES string of the molecule is O=C(Nc1ccc(F)nc1F)C12CC3CC(CC(C3)C1)C2. The molecule has 0 unspecified atom stereocenters. The van der Waals surface area contributed by atoms with Crippen LogP contribution in [0.2, 0.25) is 0 Å². The van der Waals surface area contributed by atoms with E-state index in [-0.39, 0.29) is 17.0 Å². The van der Waals surface area contributed by atoms with Crippen LogP contribution in [0.4, 0.5) is 14.5 Å². The number of carbonyl (C=O) groups is 1. The van der Waals surface area contributed by atoms with E-state index in [1.807, 2.05) is 0 Å². The molecule has 0 aliphatic heterocycles. The highest BCUT2D eigenvalue weighted by Crippen LogP contribution is 2.60. The van der Waals surface area contributed by atoms with E-state index < -0.39 is 11.9 Å². The van der Waals surface area contributed by atoms with Gasteiger partial charge in [0.1, 0.15) is 0 Å². The van der Waals surface area contributed by atoms with Gasteiger partial charge in [0.15, 0.2) is 0 Å². The highest BCUT2D eigenvalue weighted by Gasteiger charge is 2.54. The molecule has 112 valence electrons. The lowest BCUT2D eigenvalue weighted by molar-refractivity contribution is -0.140. The van der Waals surface area contributed by atoms with Crippen LogP contribution in [0.1, 0.15) is 38.5 Å². The van der Waals surface area contributed by atoms with E-state index in [2.05, 4.69) is 10.3 Å². The minimum Gasteiger partial charge on any atom is -0.322 e. The summed E-state index contributed by atoms with van der Waals surface area (Å²) in [5, 5.41) is 2.65. The van der Waals surface area contributed by atoms with Crippen LogP contribution in [0.3, 0.4) is 0 Å². The Labute approximate surface area is 122 Å². The Balaban J connectivity index is 1.57. The fraction of sp³-hybridized carbons (Fsp3) is 0.625. The molecular formula is C16H18F2N2O. The maximum Gasteiger partial charge on any atom is 0.239 e. The van der Waals surface area contributed by atoms with Gasteiger partial charge < -0.3 is 5.32 Å². The van der Waals surface area contributed by atoms with Gasteiger partial charge in [-0.2, -0.15) is 13.8 Å². The zero-order chi connectivity index (χ0) is 14.6. The summed E-state index contributed by atoms with van der Waals surface area (Å²) in [4.78, 5) is 15.8. The average molecular weight is 292 g/mol. The van der Waals surface area contributed by atoms with Gasteiger partial charge in [0.25, 0.3) is 0 Å². The van der Waals surface area contributed by atoms with Gasteiger partial charge in [-0.1, -0.05) is 0 Å². The monoisotopic (exact) mass is 292 g/mol. The highest BCUT2D eigenvalue weighted by atomic mass is 19.1. The quantitative estimate of drug-likeness (QED) is 0.847. The van der Waals surface area contributed by atoms with Crippen LogP contribution in [0.5, 0.6) is 0 Å². The average Bonchev–Trinajstić information content (AvgIpc) is 2.40. The van der Waals surface area contributed by atoms with Crippen molar-refractivity contribution in [3.05, 3.63) is 24.0 Å². The number of halogens is 2. The number of hydrogen-bond donors (Lipinski definition) is 1. The fourth-order valence-corrected chi connectivity index (χ4v) is 5.15. The molecule has 4 fully saturated rings. The number of anilines is 1. The molecule has 3 nitrogen and oxygen atoms in total. The first-order chi connectivity index (χ1) is 10.0. The Morgan fingerprint density at radius 3 is 2.19 bits per heavy atom. The minimum absolute atomic E-state index is 0.0165. The lowest BCUT2D eigenvalue weighted by Crippen LogP contribution is -2.51. The van der Waals surface area contributed by atoms with Crippen LogP contribution >= 0.6 is 0 Å². The Hall–Kier alpha value is -1.52. The molecule has 0 saturated heterocycles. The molecule has 4 saturated carbocycles. The summed E-state index contributed by atoms with van der Waals surface area (Å²) in [6, 6.07) is 2.31. The molecule has 0 atom stereocenters. The van der Waals surface area contributed by atoms with Crippen LogP contribution in [-0.2, 0) is 4.79 Å². The summed E-state index contributed by atoms with van der Waals surface area (Å²) < 4.78 is 26.5. The Morgan fingerprint density at radius 1 is 1.10 bits per heavy atom. The van der Waals surface area contributed by atoms with Crippen molar-refractivity contribution in [3.8, 4) is 0 Å². The van der Waals surface area contributed by atoms with E-state index in [0.29, 0.717) is 17.8 Å². The predicted molar refractivity (Wildman–Crippen MR) is 73.4 cm³/mol. The summed E-state index contributed by atoms with van der Waals surface area (Å²) >= 11 is 0. The molecule has 4 aliphatic carbocycles. The lowest BCUT2D eigenvalue weighted by Gasteiger charge is -2.55. The van der Waals surface area contributed by atoms with Crippen molar-refractivity contribution in [2.75, 3.05) is 5.32 Å². The van der Waals surface area contributed by atoms with Crippen molar-refractivity contribution in [1.29, 1.82) is 0 Å². The summed E-state index contributed by atoms with van der Waals surface area (Å²) in [5.41, 5.74) is -0.354. The van der Waals surface area contributed by atoms with E-state index in [1.54, 1.807) is 0 Å². The molecule has 1 amide bonds. The van der Waals surface area contributed by atoms with Crippen molar-refractivity contribution in [3.63, 3.8) is 0 Å². The molecule has 1 N–H and O–H groups in total. The van der Waals surface area contributed by atoms with E-state index >= 15 is 0 Å². The van der Waals surface area contributed by atoms with Crippen LogP contribution in [0.15, 0.2) is 12.1 Å². The second-order valence-electron chi connectivity index (χ2n) is 7.12. The van der Waals surface area contributed by atoms with Crippen LogP contribution < -0.4 is 5.32 Å². The first-order valence-electron chi connectivity index (χ1n) is 7.67.